The summed E-state index contributed by atoms with van der Waals surface area (Å²) in [5.41, 5.74) is -4.29. The van der Waals surface area contributed by atoms with Crippen molar-refractivity contribution in [1.82, 2.24) is 26.6 Å². The zero-order chi connectivity index (χ0) is 40.2. The maximum absolute atomic E-state index is 14.0. The van der Waals surface area contributed by atoms with Crippen molar-refractivity contribution in [1.29, 1.82) is 0 Å². The molecule has 0 radical (unpaired) electrons. The Hall–Kier alpha value is -3.26. The van der Waals surface area contributed by atoms with E-state index in [4.69, 9.17) is 5.11 Å². The Kier molecular flexibility index (Phi) is 18.8. The first kappa shape index (κ1) is 47.7. The van der Waals surface area contributed by atoms with Crippen LogP contribution in [0.25, 0.3) is 0 Å². The summed E-state index contributed by atoms with van der Waals surface area (Å²) in [4.78, 5) is 78.1. The molecule has 296 valence electrons. The zero-order valence-corrected chi connectivity index (χ0v) is 33.5. The molecule has 0 rings (SSSR count). The lowest BCUT2D eigenvalue weighted by atomic mass is 9.82. The summed E-state index contributed by atoms with van der Waals surface area (Å²) in [5.74, 6) is -4.57. The van der Waals surface area contributed by atoms with Crippen molar-refractivity contribution in [3.63, 3.8) is 0 Å². The summed E-state index contributed by atoms with van der Waals surface area (Å²) >= 11 is 0. The van der Waals surface area contributed by atoms with E-state index in [1.54, 1.807) is 41.5 Å². The Balaban J connectivity index is 6.02. The molecule has 6 atom stereocenters. The van der Waals surface area contributed by atoms with E-state index in [9.17, 15) is 39.0 Å². The van der Waals surface area contributed by atoms with Crippen LogP contribution in [0.4, 0.5) is 0 Å². The average molecular weight is 728 g/mol. The van der Waals surface area contributed by atoms with Gasteiger partial charge in [-0.25, -0.2) is 0 Å². The Labute approximate surface area is 305 Å². The third-order valence-corrected chi connectivity index (χ3v) is 9.43. The molecule has 0 aliphatic carbocycles. The lowest BCUT2D eigenvalue weighted by Gasteiger charge is -2.41. The van der Waals surface area contributed by atoms with Crippen LogP contribution in [-0.2, 0) is 28.8 Å². The second-order valence-corrected chi connectivity index (χ2v) is 16.8. The van der Waals surface area contributed by atoms with Crippen molar-refractivity contribution < 1.29 is 44.1 Å². The van der Waals surface area contributed by atoms with Crippen molar-refractivity contribution >= 4 is 35.5 Å². The first-order chi connectivity index (χ1) is 23.1. The molecule has 5 amide bonds. The minimum Gasteiger partial charge on any atom is -0.481 e. The van der Waals surface area contributed by atoms with Gasteiger partial charge in [-0.15, -0.1) is 0 Å². The van der Waals surface area contributed by atoms with E-state index >= 15 is 0 Å². The van der Waals surface area contributed by atoms with Gasteiger partial charge in [0.2, 0.25) is 29.5 Å². The molecule has 0 aromatic heterocycles. The minimum absolute atomic E-state index is 0.00866. The summed E-state index contributed by atoms with van der Waals surface area (Å²) < 4.78 is 0. The van der Waals surface area contributed by atoms with Gasteiger partial charge in [-0.1, -0.05) is 69.2 Å². The molecule has 0 aliphatic heterocycles. The van der Waals surface area contributed by atoms with Crippen LogP contribution in [0.5, 0.6) is 0 Å². The van der Waals surface area contributed by atoms with Crippen molar-refractivity contribution in [2.75, 3.05) is 0 Å². The molecule has 0 saturated heterocycles. The van der Waals surface area contributed by atoms with Gasteiger partial charge < -0.3 is 41.9 Å². The second kappa shape index (κ2) is 20.1. The number of carbonyl (C=O) groups is 6. The average Bonchev–Trinajstić information content (AvgIpc) is 2.94. The number of hydrogen-bond donors (Lipinski definition) is 8. The van der Waals surface area contributed by atoms with Gasteiger partial charge in [-0.2, -0.15) is 0 Å². The van der Waals surface area contributed by atoms with Crippen LogP contribution < -0.4 is 26.6 Å². The van der Waals surface area contributed by atoms with E-state index in [0.29, 0.717) is 12.8 Å². The molecule has 0 spiro atoms. The van der Waals surface area contributed by atoms with E-state index in [2.05, 4.69) is 26.6 Å². The van der Waals surface area contributed by atoms with Gasteiger partial charge in [0.25, 0.3) is 0 Å². The Morgan fingerprint density at radius 3 is 1.29 bits per heavy atom. The fourth-order valence-corrected chi connectivity index (χ4v) is 5.42. The van der Waals surface area contributed by atoms with Gasteiger partial charge in [0.15, 0.2) is 0 Å². The van der Waals surface area contributed by atoms with Crippen LogP contribution in [0.3, 0.4) is 0 Å². The summed E-state index contributed by atoms with van der Waals surface area (Å²) in [6.45, 7) is 24.6. The van der Waals surface area contributed by atoms with Crippen LogP contribution in [0.1, 0.15) is 129 Å². The number of rotatable bonds is 22. The van der Waals surface area contributed by atoms with Crippen LogP contribution in [0.15, 0.2) is 0 Å². The number of nitrogens with one attached hydrogen (secondary N) is 5. The number of aliphatic hydroxyl groups excluding tert-OH is 2. The van der Waals surface area contributed by atoms with Gasteiger partial charge in [0, 0.05) is 6.42 Å². The van der Waals surface area contributed by atoms with E-state index in [1.165, 1.54) is 13.8 Å². The highest BCUT2D eigenvalue weighted by Crippen LogP contribution is 2.24. The lowest BCUT2D eigenvalue weighted by molar-refractivity contribution is -0.141. The number of carbonyl (C=O) groups excluding carboxylic acids is 5. The molecule has 0 aromatic rings. The third-order valence-electron chi connectivity index (χ3n) is 9.43. The number of carboxylic acids is 1. The number of hydrogen-bond acceptors (Lipinski definition) is 8. The highest BCUT2D eigenvalue weighted by molar-refractivity contribution is 5.97. The summed E-state index contributed by atoms with van der Waals surface area (Å²) in [7, 11) is 0. The first-order valence-corrected chi connectivity index (χ1v) is 18.2. The van der Waals surface area contributed by atoms with Gasteiger partial charge in [-0.05, 0) is 70.1 Å². The molecule has 14 nitrogen and oxygen atoms in total. The predicted molar refractivity (Wildman–Crippen MR) is 196 cm³/mol. The molecule has 0 aromatic carbocycles. The van der Waals surface area contributed by atoms with Crippen LogP contribution in [0.2, 0.25) is 0 Å². The van der Waals surface area contributed by atoms with E-state index in [1.807, 2.05) is 41.5 Å². The Bertz CT molecular complexity index is 1200. The predicted octanol–water partition coefficient (Wildman–Crippen LogP) is 2.64. The molecule has 8 N–H and O–H groups in total. The molecule has 0 aliphatic rings. The largest absolute Gasteiger partial charge is 0.481 e. The molecular weight excluding hydrogens is 658 g/mol. The standard InChI is InChI=1S/C37H69N5O9/c1-20(2)15-25(27(43)18-30(46)40-35(11,12)32(49)38-26(16-21(3)4)28(44)19-31(47)48)39-33(50)36(13,23(7)8)42-34(51)37(14,24(9)10)41-29(45)17-22(5)6/h20-28,43-44H,15-19H2,1-14H3,(H,38,49)(H,39,50)(H,40,46)(H,41,45)(H,42,51)(H,47,48)/t25-,26-,27+,28+,36-,37-/m0/s1. The molecular formula is C37H69N5O9. The number of aliphatic carboxylic acids is 1. The fourth-order valence-electron chi connectivity index (χ4n) is 5.42. The molecule has 0 unspecified atom stereocenters. The SMILES string of the molecule is CC(C)CC(=O)N[C@](C)(C(=O)N[C@](C)(C(=O)N[C@@H](CC(C)C)[C@H](O)CC(=O)NC(C)(C)C(=O)N[C@@H](CC(C)C)[C@H](O)CC(=O)O)C(C)C)C(C)C. The van der Waals surface area contributed by atoms with Gasteiger partial charge in [0.05, 0.1) is 37.1 Å². The van der Waals surface area contributed by atoms with Gasteiger partial charge in [-0.3, -0.25) is 28.8 Å². The second-order valence-electron chi connectivity index (χ2n) is 16.8. The molecule has 0 saturated carbocycles. The minimum atomic E-state index is -1.50. The highest BCUT2D eigenvalue weighted by Gasteiger charge is 2.46. The van der Waals surface area contributed by atoms with E-state index < -0.39 is 89.3 Å². The smallest absolute Gasteiger partial charge is 0.306 e. The normalized spacial score (nSPS) is 16.9. The third kappa shape index (κ3) is 15.5. The van der Waals surface area contributed by atoms with Crippen molar-refractivity contribution in [3.05, 3.63) is 0 Å². The molecule has 14 heteroatoms. The lowest BCUT2D eigenvalue weighted by Crippen LogP contribution is -2.69. The quantitative estimate of drug-likeness (QED) is 0.0820. The van der Waals surface area contributed by atoms with Gasteiger partial charge in [0.1, 0.15) is 16.6 Å². The van der Waals surface area contributed by atoms with Crippen LogP contribution in [0, 0.1) is 29.6 Å². The van der Waals surface area contributed by atoms with Crippen molar-refractivity contribution in [2.24, 2.45) is 29.6 Å². The Morgan fingerprint density at radius 1 is 0.510 bits per heavy atom. The van der Waals surface area contributed by atoms with E-state index in [0.717, 1.165) is 0 Å². The molecule has 51 heavy (non-hydrogen) atoms. The maximum atomic E-state index is 14.0. The van der Waals surface area contributed by atoms with Crippen molar-refractivity contribution in [2.45, 2.75) is 170 Å². The monoisotopic (exact) mass is 728 g/mol. The Morgan fingerprint density at radius 2 is 0.902 bits per heavy atom. The maximum Gasteiger partial charge on any atom is 0.306 e. The first-order valence-electron chi connectivity index (χ1n) is 18.2. The molecule has 0 heterocycles. The van der Waals surface area contributed by atoms with E-state index in [-0.39, 0.29) is 36.0 Å². The summed E-state index contributed by atoms with van der Waals surface area (Å²) in [6.07, 6.45) is -2.92. The topological polar surface area (TPSA) is 223 Å². The zero-order valence-electron chi connectivity index (χ0n) is 33.5. The van der Waals surface area contributed by atoms with Gasteiger partial charge >= 0.3 is 5.97 Å². The van der Waals surface area contributed by atoms with Crippen molar-refractivity contribution in [3.8, 4) is 0 Å². The van der Waals surface area contributed by atoms with Crippen LogP contribution >= 0.6 is 0 Å². The molecule has 0 fully saturated rings. The number of aliphatic hydroxyl groups is 2. The summed E-state index contributed by atoms with van der Waals surface area (Å²) in [5, 5.41) is 44.7. The van der Waals surface area contributed by atoms with Crippen LogP contribution in [-0.4, -0.2) is 91.7 Å². The summed E-state index contributed by atoms with van der Waals surface area (Å²) in [6, 6.07) is -1.77. The highest BCUT2D eigenvalue weighted by atomic mass is 16.4. The molecule has 0 bridgehead atoms. The fraction of sp³-hybridized carbons (Fsp3) is 0.838. The number of amides is 5. The number of carboxylic acid groups (broad SMARTS) is 1.